The van der Waals surface area contributed by atoms with E-state index < -0.39 is 40.8 Å². The van der Waals surface area contributed by atoms with Crippen LogP contribution >= 0.6 is 0 Å². The van der Waals surface area contributed by atoms with Gasteiger partial charge in [-0.2, -0.15) is 8.42 Å². The summed E-state index contributed by atoms with van der Waals surface area (Å²) in [6.07, 6.45) is 6.12. The third kappa shape index (κ3) is 5.97. The monoisotopic (exact) mass is 487 g/mol. The molecule has 0 radical (unpaired) electrons. The first-order valence-corrected chi connectivity index (χ1v) is 12.8. The molecule has 0 bridgehead atoms. The molecular weight excluding hydrogens is 454 g/mol. The molecule has 1 aliphatic rings. The van der Waals surface area contributed by atoms with Gasteiger partial charge in [-0.3, -0.25) is 9.12 Å². The van der Waals surface area contributed by atoms with E-state index >= 15 is 0 Å². The van der Waals surface area contributed by atoms with E-state index in [9.17, 15) is 23.7 Å². The van der Waals surface area contributed by atoms with E-state index in [-0.39, 0.29) is 11.6 Å². The molecule has 0 saturated carbocycles. The van der Waals surface area contributed by atoms with Gasteiger partial charge >= 0.3 is 0 Å². The van der Waals surface area contributed by atoms with Gasteiger partial charge in [-0.1, -0.05) is 38.5 Å². The SMILES string of the molecule is Nc1ncnc2c1ncn2[C@]1(CCCCCCCCCCS(=O)(=O)O)O[C@H](CO)[C@@H](O)[C@H]1O. The van der Waals surface area contributed by atoms with Crippen LogP contribution in [0.15, 0.2) is 12.7 Å². The topological polar surface area (TPSA) is 194 Å². The predicted octanol–water partition coefficient (Wildman–Crippen LogP) is 0.573. The van der Waals surface area contributed by atoms with Crippen molar-refractivity contribution in [2.45, 2.75) is 81.8 Å². The molecule has 33 heavy (non-hydrogen) atoms. The van der Waals surface area contributed by atoms with E-state index in [2.05, 4.69) is 15.0 Å². The fraction of sp³-hybridized carbons (Fsp3) is 0.750. The molecule has 0 unspecified atom stereocenters. The summed E-state index contributed by atoms with van der Waals surface area (Å²) >= 11 is 0. The quantitative estimate of drug-likeness (QED) is 0.196. The third-order valence-corrected chi connectivity index (χ3v) is 6.96. The van der Waals surface area contributed by atoms with E-state index in [0.29, 0.717) is 30.4 Å². The maximum atomic E-state index is 10.9. The van der Waals surface area contributed by atoms with Crippen molar-refractivity contribution < 1.29 is 33.0 Å². The van der Waals surface area contributed by atoms with Gasteiger partial charge in [0.2, 0.25) is 0 Å². The van der Waals surface area contributed by atoms with Gasteiger partial charge in [0.15, 0.2) is 17.2 Å². The van der Waals surface area contributed by atoms with Crippen LogP contribution in [0.25, 0.3) is 11.2 Å². The van der Waals surface area contributed by atoms with Crippen molar-refractivity contribution in [1.82, 2.24) is 19.5 Å². The zero-order valence-corrected chi connectivity index (χ0v) is 19.3. The van der Waals surface area contributed by atoms with Crippen molar-refractivity contribution in [2.24, 2.45) is 0 Å². The highest BCUT2D eigenvalue weighted by Crippen LogP contribution is 2.41. The Kier molecular flexibility index (Phi) is 8.59. The standard InChI is InChI=1S/C20H33N5O7S/c21-18-15-19(23-12-22-18)25(13-24-15)20(17(28)16(27)14(11-26)32-20)9-7-5-3-1-2-4-6-8-10-33(29,30)31/h12-14,16-17,26-28H,1-11H2,(H2,21,22,23)(H,29,30,31)/t14-,16-,17-,20-/m1/s1. The van der Waals surface area contributed by atoms with Gasteiger partial charge in [0.25, 0.3) is 10.1 Å². The highest BCUT2D eigenvalue weighted by Gasteiger charge is 2.55. The number of nitrogen functional groups attached to an aromatic ring is 1. The highest BCUT2D eigenvalue weighted by atomic mass is 32.2. The van der Waals surface area contributed by atoms with Crippen LogP contribution < -0.4 is 5.73 Å². The van der Waals surface area contributed by atoms with Crippen molar-refractivity contribution in [1.29, 1.82) is 0 Å². The summed E-state index contributed by atoms with van der Waals surface area (Å²) in [5.41, 5.74) is 5.27. The average Bonchev–Trinajstić information content (AvgIpc) is 3.31. The Balaban J connectivity index is 1.58. The highest BCUT2D eigenvalue weighted by molar-refractivity contribution is 7.85. The molecule has 2 aromatic rings. The molecule has 0 aromatic carbocycles. The van der Waals surface area contributed by atoms with Crippen LogP contribution in [0.4, 0.5) is 5.82 Å². The molecule has 1 saturated heterocycles. The van der Waals surface area contributed by atoms with Gasteiger partial charge in [0.1, 0.15) is 30.2 Å². The lowest BCUT2D eigenvalue weighted by atomic mass is 9.95. The summed E-state index contributed by atoms with van der Waals surface area (Å²) in [5, 5.41) is 31.0. The van der Waals surface area contributed by atoms with Gasteiger partial charge < -0.3 is 25.8 Å². The van der Waals surface area contributed by atoms with Gasteiger partial charge in [-0.05, 0) is 19.3 Å². The van der Waals surface area contributed by atoms with Crippen LogP contribution in [0.5, 0.6) is 0 Å². The van der Waals surface area contributed by atoms with E-state index in [1.807, 2.05) is 0 Å². The minimum atomic E-state index is -3.88. The number of imidazole rings is 1. The van der Waals surface area contributed by atoms with Crippen LogP contribution in [0.3, 0.4) is 0 Å². The first kappa shape index (κ1) is 25.7. The molecule has 0 amide bonds. The van der Waals surface area contributed by atoms with Crippen LogP contribution in [-0.4, -0.2) is 78.5 Å². The summed E-state index contributed by atoms with van der Waals surface area (Å²) in [6, 6.07) is 0. The van der Waals surface area contributed by atoms with E-state index in [1.165, 1.54) is 12.7 Å². The Morgan fingerprint density at radius 1 is 1.03 bits per heavy atom. The minimum absolute atomic E-state index is 0.192. The lowest BCUT2D eigenvalue weighted by molar-refractivity contribution is -0.151. The first-order chi connectivity index (χ1) is 15.7. The summed E-state index contributed by atoms with van der Waals surface area (Å²) in [7, 11) is -3.88. The molecule has 1 fully saturated rings. The Morgan fingerprint density at radius 2 is 1.67 bits per heavy atom. The second kappa shape index (κ2) is 11.0. The molecule has 186 valence electrons. The lowest BCUT2D eigenvalue weighted by Gasteiger charge is -2.34. The largest absolute Gasteiger partial charge is 0.394 e. The smallest absolute Gasteiger partial charge is 0.264 e. The lowest BCUT2D eigenvalue weighted by Crippen LogP contribution is -2.45. The molecule has 1 aliphatic heterocycles. The van der Waals surface area contributed by atoms with Gasteiger partial charge in [-0.25, -0.2) is 15.0 Å². The predicted molar refractivity (Wildman–Crippen MR) is 120 cm³/mol. The number of aliphatic hydroxyl groups excluding tert-OH is 3. The summed E-state index contributed by atoms with van der Waals surface area (Å²) in [6.45, 7) is -0.443. The molecule has 13 heteroatoms. The molecule has 6 N–H and O–H groups in total. The fourth-order valence-corrected chi connectivity index (χ4v) is 4.97. The fourth-order valence-electron chi connectivity index (χ4n) is 4.40. The maximum Gasteiger partial charge on any atom is 0.264 e. The van der Waals surface area contributed by atoms with Crippen molar-refractivity contribution >= 4 is 27.1 Å². The number of unbranched alkanes of at least 4 members (excludes halogenated alkanes) is 7. The number of nitrogens with zero attached hydrogens (tertiary/aromatic N) is 4. The zero-order chi connectivity index (χ0) is 24.1. The second-order valence-corrected chi connectivity index (χ2v) is 10.1. The molecule has 2 aromatic heterocycles. The number of rotatable bonds is 13. The molecule has 3 rings (SSSR count). The Morgan fingerprint density at radius 3 is 2.27 bits per heavy atom. The number of aromatic nitrogens is 4. The molecular formula is C20H33N5O7S. The number of anilines is 1. The Bertz CT molecular complexity index is 1020. The van der Waals surface area contributed by atoms with Crippen LogP contribution in [0.1, 0.15) is 57.8 Å². The molecule has 4 atom stereocenters. The van der Waals surface area contributed by atoms with Crippen molar-refractivity contribution in [3.8, 4) is 0 Å². The normalized spacial score (nSPS) is 25.8. The average molecular weight is 488 g/mol. The number of ether oxygens (including phenoxy) is 1. The molecule has 0 aliphatic carbocycles. The zero-order valence-electron chi connectivity index (χ0n) is 18.5. The van der Waals surface area contributed by atoms with Gasteiger partial charge in [-0.15, -0.1) is 0 Å². The van der Waals surface area contributed by atoms with Crippen LogP contribution in [0, 0.1) is 0 Å². The third-order valence-electron chi connectivity index (χ3n) is 6.16. The van der Waals surface area contributed by atoms with Crippen molar-refractivity contribution in [3.63, 3.8) is 0 Å². The molecule has 3 heterocycles. The number of fused-ring (bicyclic) bond motifs is 1. The minimum Gasteiger partial charge on any atom is -0.394 e. The summed E-state index contributed by atoms with van der Waals surface area (Å²) in [5.74, 6) is -0.00495. The van der Waals surface area contributed by atoms with Gasteiger partial charge in [0, 0.05) is 0 Å². The Hall–Kier alpha value is -1.90. The molecule has 0 spiro atoms. The molecule has 12 nitrogen and oxygen atoms in total. The van der Waals surface area contributed by atoms with Crippen LogP contribution in [-0.2, 0) is 20.6 Å². The van der Waals surface area contributed by atoms with Crippen LogP contribution in [0.2, 0.25) is 0 Å². The number of hydrogen-bond acceptors (Lipinski definition) is 10. The summed E-state index contributed by atoms with van der Waals surface area (Å²) < 4.78 is 37.7. The van der Waals surface area contributed by atoms with E-state index in [4.69, 9.17) is 15.0 Å². The van der Waals surface area contributed by atoms with Gasteiger partial charge in [0.05, 0.1) is 18.7 Å². The van der Waals surface area contributed by atoms with Crippen molar-refractivity contribution in [2.75, 3.05) is 18.1 Å². The first-order valence-electron chi connectivity index (χ1n) is 11.2. The second-order valence-electron chi connectivity index (χ2n) is 8.53. The number of hydrogen-bond donors (Lipinski definition) is 5. The maximum absolute atomic E-state index is 10.9. The summed E-state index contributed by atoms with van der Waals surface area (Å²) in [4.78, 5) is 12.4. The van der Waals surface area contributed by atoms with E-state index in [0.717, 1.165) is 38.5 Å². The van der Waals surface area contributed by atoms with Crippen molar-refractivity contribution in [3.05, 3.63) is 12.7 Å². The Labute approximate surface area is 192 Å². The number of nitrogens with two attached hydrogens (primary N) is 1. The van der Waals surface area contributed by atoms with E-state index in [1.54, 1.807) is 4.57 Å². The number of aliphatic hydroxyl groups is 3.